The van der Waals surface area contributed by atoms with Crippen LogP contribution in [0.5, 0.6) is 5.75 Å². The van der Waals surface area contributed by atoms with Crippen molar-refractivity contribution < 1.29 is 15.3 Å². The number of rotatable bonds is 2. The van der Waals surface area contributed by atoms with Crippen molar-refractivity contribution >= 4 is 0 Å². The Hall–Kier alpha value is -1.58. The van der Waals surface area contributed by atoms with Gasteiger partial charge in [-0.3, -0.25) is 0 Å². The predicted molar refractivity (Wildman–Crippen MR) is 103 cm³/mol. The van der Waals surface area contributed by atoms with Gasteiger partial charge in [0, 0.05) is 11.3 Å². The van der Waals surface area contributed by atoms with Crippen LogP contribution in [-0.2, 0) is 11.8 Å². The lowest BCUT2D eigenvalue weighted by molar-refractivity contribution is -0.216. The summed E-state index contributed by atoms with van der Waals surface area (Å²) >= 11 is 0. The number of aryl methyl sites for hydroxylation is 1. The fraction of sp³-hybridized carbons (Fsp3) is 0.565. The normalized spacial score (nSPS) is 41.5. The smallest absolute Gasteiger partial charge is 0.115 e. The summed E-state index contributed by atoms with van der Waals surface area (Å²) in [6, 6.07) is 5.69. The SMILES string of the molecule is CC[C@@]12C[C@@](C)(O)[C@](O)(C3C=CC=CC3)C[C@H]1CCc1cc(O)ccc12. The van der Waals surface area contributed by atoms with Gasteiger partial charge in [0.05, 0.1) is 11.2 Å². The van der Waals surface area contributed by atoms with Crippen molar-refractivity contribution in [3.8, 4) is 5.75 Å². The fourth-order valence-corrected chi connectivity index (χ4v) is 6.09. The maximum atomic E-state index is 11.7. The predicted octanol–water partition coefficient (Wildman–Crippen LogP) is 4.01. The molecule has 5 atom stereocenters. The number of aliphatic hydroxyl groups is 2. The van der Waals surface area contributed by atoms with Gasteiger partial charge in [-0.15, -0.1) is 0 Å². The second-order valence-electron chi connectivity index (χ2n) is 8.82. The van der Waals surface area contributed by atoms with Crippen molar-refractivity contribution in [2.45, 2.75) is 69.0 Å². The molecule has 1 fully saturated rings. The molecule has 4 rings (SSSR count). The van der Waals surface area contributed by atoms with E-state index in [0.717, 1.165) is 25.7 Å². The molecule has 140 valence electrons. The molecule has 3 heteroatoms. The van der Waals surface area contributed by atoms with Crippen molar-refractivity contribution in [2.75, 3.05) is 0 Å². The van der Waals surface area contributed by atoms with E-state index < -0.39 is 11.2 Å². The highest BCUT2D eigenvalue weighted by atomic mass is 16.4. The minimum atomic E-state index is -1.16. The van der Waals surface area contributed by atoms with Crippen LogP contribution in [0.3, 0.4) is 0 Å². The third-order valence-corrected chi connectivity index (χ3v) is 7.54. The number of hydrogen-bond donors (Lipinski definition) is 3. The van der Waals surface area contributed by atoms with Gasteiger partial charge in [0.1, 0.15) is 5.75 Å². The Balaban J connectivity index is 1.78. The van der Waals surface area contributed by atoms with E-state index in [0.29, 0.717) is 24.5 Å². The van der Waals surface area contributed by atoms with Crippen LogP contribution in [0.25, 0.3) is 0 Å². The van der Waals surface area contributed by atoms with Gasteiger partial charge in [-0.2, -0.15) is 0 Å². The molecule has 0 aromatic heterocycles. The zero-order valence-electron chi connectivity index (χ0n) is 15.8. The largest absolute Gasteiger partial charge is 0.508 e. The van der Waals surface area contributed by atoms with Gasteiger partial charge in [-0.05, 0) is 74.6 Å². The monoisotopic (exact) mass is 354 g/mol. The number of hydrogen-bond acceptors (Lipinski definition) is 3. The van der Waals surface area contributed by atoms with Gasteiger partial charge < -0.3 is 15.3 Å². The van der Waals surface area contributed by atoms with Crippen molar-refractivity contribution in [1.29, 1.82) is 0 Å². The zero-order chi connectivity index (χ0) is 18.6. The minimum absolute atomic E-state index is 0.0430. The van der Waals surface area contributed by atoms with Crippen LogP contribution in [0.15, 0.2) is 42.5 Å². The summed E-state index contributed by atoms with van der Waals surface area (Å²) in [4.78, 5) is 0. The molecular formula is C23H30O3. The quantitative estimate of drug-likeness (QED) is 0.752. The molecule has 0 saturated heterocycles. The first-order valence-electron chi connectivity index (χ1n) is 9.93. The Morgan fingerprint density at radius 1 is 1.19 bits per heavy atom. The Morgan fingerprint density at radius 2 is 2.00 bits per heavy atom. The first-order valence-corrected chi connectivity index (χ1v) is 9.93. The molecule has 0 aliphatic heterocycles. The Morgan fingerprint density at radius 3 is 2.69 bits per heavy atom. The lowest BCUT2D eigenvalue weighted by atomic mass is 9.47. The van der Waals surface area contributed by atoms with Crippen molar-refractivity contribution in [3.05, 3.63) is 53.6 Å². The van der Waals surface area contributed by atoms with Crippen molar-refractivity contribution in [1.82, 2.24) is 0 Å². The van der Waals surface area contributed by atoms with Crippen LogP contribution in [0.2, 0.25) is 0 Å². The lowest BCUT2D eigenvalue weighted by Gasteiger charge is -2.60. The maximum Gasteiger partial charge on any atom is 0.115 e. The van der Waals surface area contributed by atoms with Gasteiger partial charge in [-0.25, -0.2) is 0 Å². The number of phenols is 1. The van der Waals surface area contributed by atoms with Crippen molar-refractivity contribution in [3.63, 3.8) is 0 Å². The molecule has 0 heterocycles. The van der Waals surface area contributed by atoms with Gasteiger partial charge in [0.2, 0.25) is 0 Å². The van der Waals surface area contributed by atoms with Crippen LogP contribution < -0.4 is 0 Å². The van der Waals surface area contributed by atoms with E-state index in [4.69, 9.17) is 0 Å². The number of benzene rings is 1. The second kappa shape index (κ2) is 5.97. The van der Waals surface area contributed by atoms with Gasteiger partial charge >= 0.3 is 0 Å². The first kappa shape index (κ1) is 17.8. The molecule has 1 saturated carbocycles. The second-order valence-corrected chi connectivity index (χ2v) is 8.82. The van der Waals surface area contributed by atoms with Crippen molar-refractivity contribution in [2.24, 2.45) is 11.8 Å². The van der Waals surface area contributed by atoms with Crippen LogP contribution in [-0.4, -0.2) is 26.5 Å². The van der Waals surface area contributed by atoms with E-state index in [1.807, 2.05) is 31.2 Å². The minimum Gasteiger partial charge on any atom is -0.508 e. The topological polar surface area (TPSA) is 60.7 Å². The third-order valence-electron chi connectivity index (χ3n) is 7.54. The molecule has 1 aromatic carbocycles. The van der Waals surface area contributed by atoms with E-state index in [1.165, 1.54) is 11.1 Å². The van der Waals surface area contributed by atoms with E-state index in [9.17, 15) is 15.3 Å². The average Bonchev–Trinajstić information content (AvgIpc) is 2.63. The first-order chi connectivity index (χ1) is 12.3. The summed E-state index contributed by atoms with van der Waals surface area (Å²) in [6.45, 7) is 4.01. The Kier molecular flexibility index (Phi) is 4.09. The summed E-state index contributed by atoms with van der Waals surface area (Å²) < 4.78 is 0. The molecule has 0 bridgehead atoms. The average molecular weight is 354 g/mol. The number of allylic oxidation sites excluding steroid dienone is 3. The summed E-state index contributed by atoms with van der Waals surface area (Å²) in [5, 5.41) is 33.1. The molecule has 3 aliphatic rings. The van der Waals surface area contributed by atoms with Gasteiger partial charge in [-0.1, -0.05) is 37.3 Å². The summed E-state index contributed by atoms with van der Waals surface area (Å²) in [6.07, 6.45) is 13.0. The van der Waals surface area contributed by atoms with Crippen LogP contribution >= 0.6 is 0 Å². The third kappa shape index (κ3) is 2.40. The number of aromatic hydroxyl groups is 1. The molecule has 26 heavy (non-hydrogen) atoms. The van der Waals surface area contributed by atoms with Gasteiger partial charge in [0.15, 0.2) is 0 Å². The molecule has 1 aromatic rings. The highest BCUT2D eigenvalue weighted by Crippen LogP contribution is 2.59. The van der Waals surface area contributed by atoms with Gasteiger partial charge in [0.25, 0.3) is 0 Å². The summed E-state index contributed by atoms with van der Waals surface area (Å²) in [5.74, 6) is 0.610. The molecule has 3 nitrogen and oxygen atoms in total. The Bertz CT molecular complexity index is 763. The molecule has 1 unspecified atom stereocenters. The molecule has 3 aliphatic carbocycles. The molecule has 0 radical (unpaired) electrons. The van der Waals surface area contributed by atoms with Crippen LogP contribution in [0.1, 0.15) is 57.1 Å². The highest BCUT2D eigenvalue weighted by molar-refractivity contribution is 5.44. The zero-order valence-corrected chi connectivity index (χ0v) is 15.8. The van der Waals surface area contributed by atoms with Crippen LogP contribution in [0, 0.1) is 11.8 Å². The molecule has 0 amide bonds. The molecular weight excluding hydrogens is 324 g/mol. The maximum absolute atomic E-state index is 11.7. The lowest BCUT2D eigenvalue weighted by Crippen LogP contribution is -2.66. The standard InChI is InChI=1S/C23H30O3/c1-3-22-15-21(2,25)23(26,17-7-5-4-6-8-17)14-18(22)10-9-16-13-19(24)11-12-20(16)22/h4-7,11-13,17-18,24-26H,3,8-10,14-15H2,1-2H3/t17?,18-,21-,22-,23-/m1/s1. The number of fused-ring (bicyclic) bond motifs is 3. The van der Waals surface area contributed by atoms with E-state index in [2.05, 4.69) is 19.1 Å². The molecule has 0 spiro atoms. The van der Waals surface area contributed by atoms with Crippen LogP contribution in [0.4, 0.5) is 0 Å². The van der Waals surface area contributed by atoms with E-state index in [1.54, 1.807) is 6.07 Å². The Labute approximate surface area is 156 Å². The summed E-state index contributed by atoms with van der Waals surface area (Å²) in [5.41, 5.74) is 0.0592. The highest BCUT2D eigenvalue weighted by Gasteiger charge is 2.62. The summed E-state index contributed by atoms with van der Waals surface area (Å²) in [7, 11) is 0. The van der Waals surface area contributed by atoms with E-state index in [-0.39, 0.29) is 11.3 Å². The van der Waals surface area contributed by atoms with E-state index >= 15 is 0 Å². The number of phenolic OH excluding ortho intramolecular Hbond substituents is 1. The molecule has 3 N–H and O–H groups in total. The fourth-order valence-electron chi connectivity index (χ4n) is 6.09.